The minimum atomic E-state index is -1.26. The van der Waals surface area contributed by atoms with Crippen LogP contribution in [-0.4, -0.2) is 53.4 Å². The molecule has 0 spiro atoms. The summed E-state index contributed by atoms with van der Waals surface area (Å²) in [6.07, 6.45) is 5.08. The van der Waals surface area contributed by atoms with E-state index in [9.17, 15) is 9.59 Å². The number of hydrogen-bond donors (Lipinski definition) is 0. The molecule has 3 heterocycles. The van der Waals surface area contributed by atoms with Gasteiger partial charge in [-0.25, -0.2) is 9.36 Å². The van der Waals surface area contributed by atoms with E-state index in [4.69, 9.17) is 37.2 Å². The van der Waals surface area contributed by atoms with Gasteiger partial charge in [-0.15, -0.1) is 0 Å². The lowest BCUT2D eigenvalue weighted by Gasteiger charge is -2.33. The van der Waals surface area contributed by atoms with Crippen LogP contribution in [0.5, 0.6) is 0 Å². The van der Waals surface area contributed by atoms with E-state index in [1.807, 2.05) is 18.2 Å². The molecule has 10 nitrogen and oxygen atoms in total. The van der Waals surface area contributed by atoms with Crippen molar-refractivity contribution < 1.29 is 14.0 Å². The number of ether oxygens (including phenoxy) is 2. The first-order valence-corrected chi connectivity index (χ1v) is 20.2. The Labute approximate surface area is 278 Å². The van der Waals surface area contributed by atoms with Crippen molar-refractivity contribution in [3.63, 3.8) is 0 Å². The molecule has 0 radical (unpaired) electrons. The molecule has 1 saturated carbocycles. The smallest absolute Gasteiger partial charge is 0.354 e. The van der Waals surface area contributed by atoms with Crippen molar-refractivity contribution in [2.75, 3.05) is 24.6 Å². The van der Waals surface area contributed by atoms with Gasteiger partial charge in [-0.3, -0.25) is 4.79 Å². The first-order valence-electron chi connectivity index (χ1n) is 15.8. The Bertz CT molecular complexity index is 1770. The molecular weight excluding hydrogens is 645 g/mol. The first kappa shape index (κ1) is 32.7. The van der Waals surface area contributed by atoms with E-state index in [1.54, 1.807) is 24.3 Å². The van der Waals surface area contributed by atoms with Gasteiger partial charge in [0.1, 0.15) is 24.4 Å². The molecule has 2 aliphatic rings. The molecule has 0 atom stereocenters. The van der Waals surface area contributed by atoms with Crippen LogP contribution in [0.4, 0.5) is 5.69 Å². The summed E-state index contributed by atoms with van der Waals surface area (Å²) in [7, 11) is -1.26. The normalized spacial score (nSPS) is 15.9. The second kappa shape index (κ2) is 13.9. The Kier molecular flexibility index (Phi) is 9.86. The molecule has 0 unspecified atom stereocenters. The third-order valence-corrected chi connectivity index (χ3v) is 10.8. The number of hydrogen-bond acceptors (Lipinski definition) is 8. The van der Waals surface area contributed by atoms with Gasteiger partial charge in [-0.2, -0.15) is 9.78 Å². The molecule has 6 rings (SSSR count). The van der Waals surface area contributed by atoms with Crippen LogP contribution in [0.2, 0.25) is 35.7 Å². The average Bonchev–Trinajstić information content (AvgIpc) is 3.79. The summed E-state index contributed by atoms with van der Waals surface area (Å²) in [4.78, 5) is 28.0. The van der Waals surface area contributed by atoms with Crippen molar-refractivity contribution in [3.8, 4) is 16.9 Å². The van der Waals surface area contributed by atoms with E-state index in [-0.39, 0.29) is 12.8 Å². The summed E-state index contributed by atoms with van der Waals surface area (Å²) in [6.45, 7) is 9.36. The predicted molar refractivity (Wildman–Crippen MR) is 182 cm³/mol. The lowest BCUT2D eigenvalue weighted by Crippen LogP contribution is -2.40. The van der Waals surface area contributed by atoms with Gasteiger partial charge in [0.05, 0.1) is 28.4 Å². The predicted octanol–water partition coefficient (Wildman–Crippen LogP) is 6.73. The Hall–Kier alpha value is -3.22. The van der Waals surface area contributed by atoms with E-state index in [1.165, 1.54) is 4.68 Å². The van der Waals surface area contributed by atoms with Crippen LogP contribution in [0.15, 0.2) is 62.8 Å². The lowest BCUT2D eigenvalue weighted by molar-refractivity contribution is 0.0246. The molecule has 13 heteroatoms. The topological polar surface area (TPSA) is 105 Å². The molecule has 46 heavy (non-hydrogen) atoms. The van der Waals surface area contributed by atoms with Crippen molar-refractivity contribution >= 4 is 37.0 Å². The van der Waals surface area contributed by atoms with E-state index in [0.29, 0.717) is 46.1 Å². The van der Waals surface area contributed by atoms with E-state index >= 15 is 0 Å². The minimum Gasteiger partial charge on any atom is -0.373 e. The van der Waals surface area contributed by atoms with Crippen molar-refractivity contribution in [2.24, 2.45) is 0 Å². The highest BCUT2D eigenvalue weighted by Crippen LogP contribution is 2.46. The zero-order valence-electron chi connectivity index (χ0n) is 26.4. The van der Waals surface area contributed by atoms with Crippen LogP contribution in [0.1, 0.15) is 42.9 Å². The van der Waals surface area contributed by atoms with Gasteiger partial charge >= 0.3 is 5.69 Å². The van der Waals surface area contributed by atoms with E-state index < -0.39 is 19.3 Å². The van der Waals surface area contributed by atoms with Crippen LogP contribution in [0.3, 0.4) is 0 Å². The number of rotatable bonds is 12. The highest BCUT2D eigenvalue weighted by atomic mass is 35.5. The molecule has 1 aliphatic carbocycles. The first-order chi connectivity index (χ1) is 22.1. The van der Waals surface area contributed by atoms with Gasteiger partial charge in [0.15, 0.2) is 0 Å². The highest BCUT2D eigenvalue weighted by molar-refractivity contribution is 6.76. The Morgan fingerprint density at radius 3 is 2.28 bits per heavy atom. The molecule has 2 fully saturated rings. The lowest BCUT2D eigenvalue weighted by atomic mass is 10.0. The summed E-state index contributed by atoms with van der Waals surface area (Å²) >= 11 is 13.0. The number of anilines is 1. The molecule has 2 aromatic heterocycles. The molecule has 4 aromatic rings. The van der Waals surface area contributed by atoms with Gasteiger partial charge in [0, 0.05) is 50.5 Å². The fourth-order valence-corrected chi connectivity index (χ4v) is 6.97. The fourth-order valence-electron chi connectivity index (χ4n) is 5.63. The van der Waals surface area contributed by atoms with Crippen LogP contribution >= 0.6 is 23.2 Å². The van der Waals surface area contributed by atoms with Crippen molar-refractivity contribution in [1.82, 2.24) is 19.5 Å². The zero-order valence-corrected chi connectivity index (χ0v) is 28.9. The van der Waals surface area contributed by atoms with Gasteiger partial charge in [0.25, 0.3) is 5.56 Å². The van der Waals surface area contributed by atoms with Gasteiger partial charge in [-0.1, -0.05) is 54.1 Å². The van der Waals surface area contributed by atoms with Gasteiger partial charge in [0.2, 0.25) is 0 Å². The number of nitrogens with zero attached hydrogens (tertiary/aromatic N) is 5. The third kappa shape index (κ3) is 7.50. The quantitative estimate of drug-likeness (QED) is 0.120. The van der Waals surface area contributed by atoms with Gasteiger partial charge < -0.3 is 18.9 Å². The molecule has 0 bridgehead atoms. The molecule has 0 N–H and O–H groups in total. The number of piperidine rings is 1. The summed E-state index contributed by atoms with van der Waals surface area (Å²) in [6, 6.07) is 13.9. The number of halogens is 2. The summed E-state index contributed by atoms with van der Waals surface area (Å²) in [5.41, 5.74) is 2.77. The molecule has 0 amide bonds. The molecule has 2 aromatic carbocycles. The molecule has 1 saturated heterocycles. The molecule has 244 valence electrons. The number of benzene rings is 2. The molecular formula is C33H39Cl2N5O5Si. The largest absolute Gasteiger partial charge is 0.373 e. The second-order valence-corrected chi connectivity index (χ2v) is 19.6. The standard InChI is InChI=1S/C33H39Cl2N5O5Si/c1-46(2,3)18-17-43-21-39-33(42)40(29(41)19-36-39)24-11-9-23(10-12-24)38-15-13-25(14-16-38)44-20-26-31(37-45-32(26)22-7-8-22)30-27(34)5-4-6-28(30)35/h4-6,9-12,19,22,25H,7-8,13-18,20-21H2,1-3H3. The summed E-state index contributed by atoms with van der Waals surface area (Å²) < 4.78 is 20.2. The average molecular weight is 685 g/mol. The maximum absolute atomic E-state index is 13.1. The number of aromatic nitrogens is 4. The van der Waals surface area contributed by atoms with Gasteiger partial charge in [-0.05, 0) is 68.1 Å². The Balaban J connectivity index is 1.07. The van der Waals surface area contributed by atoms with Crippen LogP contribution in [0, 0.1) is 0 Å². The highest BCUT2D eigenvalue weighted by Gasteiger charge is 2.34. The SMILES string of the molecule is C[Si](C)(C)CCOCn1ncc(=O)n(-c2ccc(N3CCC(OCc4c(-c5c(Cl)cccc5Cl)noc4C4CC4)CC3)cc2)c1=O. The second-order valence-electron chi connectivity index (χ2n) is 13.2. The summed E-state index contributed by atoms with van der Waals surface area (Å²) in [5.74, 6) is 1.24. The maximum Gasteiger partial charge on any atom is 0.354 e. The minimum absolute atomic E-state index is 0.00670. The maximum atomic E-state index is 13.1. The molecule has 1 aliphatic heterocycles. The van der Waals surface area contributed by atoms with Crippen molar-refractivity contribution in [3.05, 3.63) is 90.9 Å². The van der Waals surface area contributed by atoms with Crippen molar-refractivity contribution in [1.29, 1.82) is 0 Å². The monoisotopic (exact) mass is 683 g/mol. The fraction of sp³-hybridized carbons (Fsp3) is 0.455. The van der Waals surface area contributed by atoms with E-state index in [0.717, 1.165) is 72.6 Å². The summed E-state index contributed by atoms with van der Waals surface area (Å²) in [5, 5.41) is 9.42. The Morgan fingerprint density at radius 2 is 1.63 bits per heavy atom. The van der Waals surface area contributed by atoms with Crippen LogP contribution in [0.25, 0.3) is 16.9 Å². The Morgan fingerprint density at radius 1 is 0.957 bits per heavy atom. The zero-order chi connectivity index (χ0) is 32.4. The third-order valence-electron chi connectivity index (χ3n) is 8.49. The van der Waals surface area contributed by atoms with E-state index in [2.05, 4.69) is 34.8 Å². The van der Waals surface area contributed by atoms with Crippen LogP contribution in [-0.2, 0) is 22.8 Å². The van der Waals surface area contributed by atoms with Crippen LogP contribution < -0.4 is 16.1 Å². The van der Waals surface area contributed by atoms with Crippen molar-refractivity contribution in [2.45, 2.75) is 76.7 Å².